The highest BCUT2D eigenvalue weighted by Crippen LogP contribution is 2.44. The van der Waals surface area contributed by atoms with Crippen LogP contribution in [0.15, 0.2) is 36.4 Å². The summed E-state index contributed by atoms with van der Waals surface area (Å²) in [5.74, 6) is 3.41. The van der Waals surface area contributed by atoms with Gasteiger partial charge >= 0.3 is 0 Å². The Morgan fingerprint density at radius 3 is 2.15 bits per heavy atom. The van der Waals surface area contributed by atoms with E-state index < -0.39 is 0 Å². The average Bonchev–Trinajstić information content (AvgIpc) is 3.13. The lowest BCUT2D eigenvalue weighted by atomic mass is 9.87. The molecule has 0 aliphatic carbocycles. The molecule has 6 nitrogen and oxygen atoms in total. The molecule has 0 bridgehead atoms. The van der Waals surface area contributed by atoms with Crippen molar-refractivity contribution in [3.63, 3.8) is 0 Å². The van der Waals surface area contributed by atoms with Crippen LogP contribution in [-0.2, 0) is 12.0 Å². The van der Waals surface area contributed by atoms with Crippen molar-refractivity contribution in [2.45, 2.75) is 25.8 Å². The van der Waals surface area contributed by atoms with Crippen LogP contribution in [0.4, 0.5) is 0 Å². The first kappa shape index (κ1) is 17.4. The van der Waals surface area contributed by atoms with E-state index in [4.69, 9.17) is 14.2 Å². The molecule has 0 amide bonds. The Kier molecular flexibility index (Phi) is 4.06. The third kappa shape index (κ3) is 2.63. The third-order valence-electron chi connectivity index (χ3n) is 5.07. The highest BCUT2D eigenvalue weighted by molar-refractivity contribution is 5.71. The van der Waals surface area contributed by atoms with E-state index in [1.54, 1.807) is 21.3 Å². The number of nitrogens with zero attached hydrogens (tertiary/aromatic N) is 3. The van der Waals surface area contributed by atoms with Crippen LogP contribution in [0.25, 0.3) is 22.8 Å². The first-order valence-corrected chi connectivity index (χ1v) is 8.84. The molecule has 2 heterocycles. The molecule has 0 saturated heterocycles. The van der Waals surface area contributed by atoms with Gasteiger partial charge in [0.05, 0.1) is 21.3 Å². The molecule has 27 heavy (non-hydrogen) atoms. The predicted octanol–water partition coefficient (Wildman–Crippen LogP) is 3.93. The summed E-state index contributed by atoms with van der Waals surface area (Å²) in [6.45, 7) is 4.41. The maximum absolute atomic E-state index is 5.51. The zero-order valence-electron chi connectivity index (χ0n) is 16.2. The smallest absolute Gasteiger partial charge is 0.203 e. The SMILES string of the molecule is COc1cc(-c2nnc3n2C(C)(C)Cc2ccccc2-3)cc(OC)c1OC. The van der Waals surface area contributed by atoms with Crippen molar-refractivity contribution in [2.75, 3.05) is 21.3 Å². The van der Waals surface area contributed by atoms with Gasteiger partial charge in [0, 0.05) is 16.7 Å². The molecular weight excluding hydrogens is 342 g/mol. The van der Waals surface area contributed by atoms with Gasteiger partial charge in [-0.1, -0.05) is 24.3 Å². The highest BCUT2D eigenvalue weighted by Gasteiger charge is 2.35. The van der Waals surface area contributed by atoms with Gasteiger partial charge in [-0.2, -0.15) is 0 Å². The summed E-state index contributed by atoms with van der Waals surface area (Å²) >= 11 is 0. The van der Waals surface area contributed by atoms with Crippen LogP contribution < -0.4 is 14.2 Å². The van der Waals surface area contributed by atoms with Crippen molar-refractivity contribution in [3.8, 4) is 40.0 Å². The summed E-state index contributed by atoms with van der Waals surface area (Å²) in [5, 5.41) is 9.05. The zero-order chi connectivity index (χ0) is 19.2. The Morgan fingerprint density at radius 2 is 1.52 bits per heavy atom. The summed E-state index contributed by atoms with van der Waals surface area (Å²) in [6, 6.07) is 12.2. The van der Waals surface area contributed by atoms with Gasteiger partial charge in [-0.25, -0.2) is 0 Å². The van der Waals surface area contributed by atoms with Crippen molar-refractivity contribution in [1.82, 2.24) is 14.8 Å². The number of rotatable bonds is 4. The van der Waals surface area contributed by atoms with E-state index in [1.807, 2.05) is 18.2 Å². The lowest BCUT2D eigenvalue weighted by Gasteiger charge is -2.34. The van der Waals surface area contributed by atoms with Crippen molar-refractivity contribution < 1.29 is 14.2 Å². The highest BCUT2D eigenvalue weighted by atomic mass is 16.5. The molecule has 1 aliphatic rings. The summed E-state index contributed by atoms with van der Waals surface area (Å²) in [5.41, 5.74) is 3.13. The van der Waals surface area contributed by atoms with E-state index in [0.29, 0.717) is 17.2 Å². The van der Waals surface area contributed by atoms with Crippen LogP contribution in [0.3, 0.4) is 0 Å². The molecule has 0 saturated carbocycles. The molecule has 0 spiro atoms. The van der Waals surface area contributed by atoms with Crippen LogP contribution in [0.2, 0.25) is 0 Å². The fourth-order valence-electron chi connectivity index (χ4n) is 3.87. The maximum atomic E-state index is 5.51. The van der Waals surface area contributed by atoms with Crippen LogP contribution in [-0.4, -0.2) is 36.1 Å². The number of aromatic nitrogens is 3. The molecule has 1 aliphatic heterocycles. The first-order chi connectivity index (χ1) is 13.0. The first-order valence-electron chi connectivity index (χ1n) is 8.84. The van der Waals surface area contributed by atoms with Gasteiger partial charge in [-0.15, -0.1) is 10.2 Å². The fourth-order valence-corrected chi connectivity index (χ4v) is 3.87. The zero-order valence-corrected chi connectivity index (χ0v) is 16.2. The number of hydrogen-bond acceptors (Lipinski definition) is 5. The van der Waals surface area contributed by atoms with Gasteiger partial charge in [0.15, 0.2) is 23.1 Å². The van der Waals surface area contributed by atoms with Crippen LogP contribution in [0, 0.1) is 0 Å². The van der Waals surface area contributed by atoms with Gasteiger partial charge < -0.3 is 18.8 Å². The number of methoxy groups -OCH3 is 3. The summed E-state index contributed by atoms with van der Waals surface area (Å²) in [6.07, 6.45) is 0.908. The largest absolute Gasteiger partial charge is 0.493 e. The molecule has 3 aromatic rings. The molecule has 0 fully saturated rings. The second kappa shape index (κ2) is 6.30. The molecule has 2 aromatic carbocycles. The molecule has 1 aromatic heterocycles. The van der Waals surface area contributed by atoms with E-state index in [9.17, 15) is 0 Å². The van der Waals surface area contributed by atoms with E-state index in [-0.39, 0.29) is 5.54 Å². The molecule has 0 unspecified atom stereocenters. The third-order valence-corrected chi connectivity index (χ3v) is 5.07. The molecule has 0 N–H and O–H groups in total. The van der Waals surface area contributed by atoms with Crippen LogP contribution in [0.1, 0.15) is 19.4 Å². The molecule has 6 heteroatoms. The Bertz CT molecular complexity index is 983. The Balaban J connectivity index is 1.95. The summed E-state index contributed by atoms with van der Waals surface area (Å²) < 4.78 is 18.7. The van der Waals surface area contributed by atoms with E-state index in [2.05, 4.69) is 46.8 Å². The Hall–Kier alpha value is -3.02. The summed E-state index contributed by atoms with van der Waals surface area (Å²) in [4.78, 5) is 0. The number of benzene rings is 2. The quantitative estimate of drug-likeness (QED) is 0.701. The van der Waals surface area contributed by atoms with E-state index >= 15 is 0 Å². The average molecular weight is 365 g/mol. The minimum Gasteiger partial charge on any atom is -0.493 e. The minimum absolute atomic E-state index is 0.164. The van der Waals surface area contributed by atoms with E-state index in [1.165, 1.54) is 5.56 Å². The summed E-state index contributed by atoms with van der Waals surface area (Å²) in [7, 11) is 4.82. The van der Waals surface area contributed by atoms with Gasteiger partial charge in [-0.3, -0.25) is 0 Å². The molecular formula is C21H23N3O3. The second-order valence-electron chi connectivity index (χ2n) is 7.24. The minimum atomic E-state index is -0.164. The predicted molar refractivity (Wildman–Crippen MR) is 104 cm³/mol. The molecule has 0 atom stereocenters. The maximum Gasteiger partial charge on any atom is 0.203 e. The topological polar surface area (TPSA) is 58.4 Å². The number of fused-ring (bicyclic) bond motifs is 3. The molecule has 0 radical (unpaired) electrons. The Labute approximate surface area is 158 Å². The van der Waals surface area contributed by atoms with Crippen molar-refractivity contribution in [2.24, 2.45) is 0 Å². The lowest BCUT2D eigenvalue weighted by molar-refractivity contribution is 0.324. The molecule has 140 valence electrons. The molecule has 4 rings (SSSR count). The fraction of sp³-hybridized carbons (Fsp3) is 0.333. The van der Waals surface area contributed by atoms with Gasteiger partial charge in [0.25, 0.3) is 0 Å². The van der Waals surface area contributed by atoms with Crippen LogP contribution >= 0.6 is 0 Å². The van der Waals surface area contributed by atoms with Crippen molar-refractivity contribution >= 4 is 0 Å². The number of hydrogen-bond donors (Lipinski definition) is 0. The Morgan fingerprint density at radius 1 is 0.889 bits per heavy atom. The van der Waals surface area contributed by atoms with Gasteiger partial charge in [0.1, 0.15) is 0 Å². The number of ether oxygens (including phenoxy) is 3. The van der Waals surface area contributed by atoms with Crippen LogP contribution in [0.5, 0.6) is 17.2 Å². The normalized spacial score (nSPS) is 14.3. The van der Waals surface area contributed by atoms with Crippen molar-refractivity contribution in [1.29, 1.82) is 0 Å². The van der Waals surface area contributed by atoms with E-state index in [0.717, 1.165) is 29.2 Å². The lowest BCUT2D eigenvalue weighted by Crippen LogP contribution is -2.33. The second-order valence-corrected chi connectivity index (χ2v) is 7.24. The van der Waals surface area contributed by atoms with Gasteiger partial charge in [-0.05, 0) is 38.0 Å². The standard InChI is InChI=1S/C21H23N3O3/c1-21(2)12-13-8-6-7-9-15(13)20-23-22-19(24(20)21)14-10-16(25-3)18(27-5)17(11-14)26-4/h6-11H,12H2,1-5H3. The monoisotopic (exact) mass is 365 g/mol. The van der Waals surface area contributed by atoms with Gasteiger partial charge in [0.2, 0.25) is 5.75 Å². The van der Waals surface area contributed by atoms with Crippen molar-refractivity contribution in [3.05, 3.63) is 42.0 Å².